The van der Waals surface area contributed by atoms with Crippen LogP contribution in [0.4, 0.5) is 23.2 Å². The van der Waals surface area contributed by atoms with Crippen LogP contribution in [0, 0.1) is 5.82 Å². The number of halogens is 6. The van der Waals surface area contributed by atoms with Crippen molar-refractivity contribution in [3.8, 4) is 5.75 Å². The molecule has 1 aromatic heterocycles. The zero-order valence-electron chi connectivity index (χ0n) is 15.1. The number of aromatic hydroxyl groups is 1. The molecule has 0 aliphatic rings. The molecule has 3 N–H and O–H groups in total. The van der Waals surface area contributed by atoms with Gasteiger partial charge in [-0.05, 0) is 35.7 Å². The summed E-state index contributed by atoms with van der Waals surface area (Å²) in [6, 6.07) is 4.83. The molecule has 0 aliphatic heterocycles. The highest BCUT2D eigenvalue weighted by atomic mass is 35.5. The third-order valence-corrected chi connectivity index (χ3v) is 4.64. The number of hydrogen-bond donors (Lipinski definition) is 3. The van der Waals surface area contributed by atoms with Crippen molar-refractivity contribution in [3.63, 3.8) is 0 Å². The molecule has 5 nitrogen and oxygen atoms in total. The molecule has 0 saturated heterocycles. The van der Waals surface area contributed by atoms with Gasteiger partial charge in [-0.25, -0.2) is 9.37 Å². The van der Waals surface area contributed by atoms with Crippen molar-refractivity contribution in [3.05, 3.63) is 52.0 Å². The van der Waals surface area contributed by atoms with Gasteiger partial charge in [-0.3, -0.25) is 4.79 Å². The molecule has 0 radical (unpaired) electrons. The van der Waals surface area contributed by atoms with Crippen molar-refractivity contribution in [1.29, 1.82) is 0 Å². The van der Waals surface area contributed by atoms with E-state index in [2.05, 4.69) is 4.98 Å². The summed E-state index contributed by atoms with van der Waals surface area (Å²) in [5.41, 5.74) is -5.95. The molecule has 158 valence electrons. The maximum Gasteiger partial charge on any atom is 0.426 e. The molecule has 2 aromatic rings. The number of benzene rings is 1. The van der Waals surface area contributed by atoms with E-state index in [0.717, 1.165) is 30.3 Å². The number of alkyl halides is 3. The van der Waals surface area contributed by atoms with Crippen molar-refractivity contribution in [1.82, 2.24) is 4.98 Å². The number of amides is 1. The second-order valence-corrected chi connectivity index (χ2v) is 7.81. The van der Waals surface area contributed by atoms with Crippen molar-refractivity contribution in [2.75, 3.05) is 5.32 Å². The number of nitrogens with zero attached hydrogens (tertiary/aromatic N) is 1. The maximum absolute atomic E-state index is 13.7. The van der Waals surface area contributed by atoms with E-state index in [1.165, 1.54) is 13.8 Å². The van der Waals surface area contributed by atoms with Crippen molar-refractivity contribution in [2.45, 2.75) is 37.5 Å². The van der Waals surface area contributed by atoms with Crippen LogP contribution in [-0.4, -0.2) is 32.9 Å². The van der Waals surface area contributed by atoms with Gasteiger partial charge in [-0.2, -0.15) is 13.2 Å². The molecule has 1 heterocycles. The summed E-state index contributed by atoms with van der Waals surface area (Å²) in [4.78, 5) is 16.0. The number of aromatic nitrogens is 1. The van der Waals surface area contributed by atoms with Crippen molar-refractivity contribution < 1.29 is 32.6 Å². The third-order valence-electron chi connectivity index (χ3n) is 4.25. The molecule has 1 aromatic carbocycles. The first-order valence-corrected chi connectivity index (χ1v) is 8.84. The summed E-state index contributed by atoms with van der Waals surface area (Å²) in [7, 11) is 0. The smallest absolute Gasteiger partial charge is 0.426 e. The van der Waals surface area contributed by atoms with Gasteiger partial charge in [0, 0.05) is 17.7 Å². The van der Waals surface area contributed by atoms with Crippen LogP contribution in [0.2, 0.25) is 10.3 Å². The van der Waals surface area contributed by atoms with E-state index in [1.807, 2.05) is 5.32 Å². The molecule has 1 atom stereocenters. The Morgan fingerprint density at radius 3 is 2.21 bits per heavy atom. The highest BCUT2D eigenvalue weighted by molar-refractivity contribution is 6.33. The van der Waals surface area contributed by atoms with E-state index in [-0.39, 0.29) is 21.6 Å². The lowest BCUT2D eigenvalue weighted by atomic mass is 9.74. The predicted molar refractivity (Wildman–Crippen MR) is 99.6 cm³/mol. The fraction of sp³-hybridized carbons (Fsp3) is 0.333. The van der Waals surface area contributed by atoms with Gasteiger partial charge < -0.3 is 15.5 Å². The van der Waals surface area contributed by atoms with E-state index >= 15 is 0 Å². The van der Waals surface area contributed by atoms with Crippen molar-refractivity contribution in [2.24, 2.45) is 0 Å². The number of phenolic OH excluding ortho intramolecular Hbond substituents is 1. The Labute approximate surface area is 173 Å². The third kappa shape index (κ3) is 5.09. The van der Waals surface area contributed by atoms with Crippen LogP contribution in [0.1, 0.15) is 25.8 Å². The molecule has 2 rings (SSSR count). The summed E-state index contributed by atoms with van der Waals surface area (Å²) in [6.07, 6.45) is -6.60. The summed E-state index contributed by atoms with van der Waals surface area (Å²) < 4.78 is 54.8. The first kappa shape index (κ1) is 23.2. The van der Waals surface area contributed by atoms with Crippen LogP contribution in [0.3, 0.4) is 0 Å². The van der Waals surface area contributed by atoms with Gasteiger partial charge in [0.25, 0.3) is 5.91 Å². The number of pyridine rings is 1. The molecule has 0 spiro atoms. The lowest BCUT2D eigenvalue weighted by Crippen LogP contribution is -2.57. The molecular weight excluding hydrogens is 439 g/mol. The number of nitrogens with one attached hydrogen (secondary N) is 1. The van der Waals surface area contributed by atoms with Gasteiger partial charge in [-0.15, -0.1) is 0 Å². The average Bonchev–Trinajstić information content (AvgIpc) is 2.54. The van der Waals surface area contributed by atoms with E-state index in [4.69, 9.17) is 23.2 Å². The molecule has 0 fully saturated rings. The van der Waals surface area contributed by atoms with Crippen LogP contribution < -0.4 is 5.32 Å². The molecule has 0 aliphatic carbocycles. The number of phenols is 1. The first-order valence-electron chi connectivity index (χ1n) is 8.08. The van der Waals surface area contributed by atoms with E-state index < -0.39 is 41.1 Å². The zero-order chi connectivity index (χ0) is 22.2. The molecular formula is C18H16Cl2F4N2O3. The van der Waals surface area contributed by atoms with E-state index in [9.17, 15) is 32.6 Å². The van der Waals surface area contributed by atoms with Gasteiger partial charge in [0.2, 0.25) is 5.60 Å². The summed E-state index contributed by atoms with van der Waals surface area (Å²) in [5, 5.41) is 21.9. The lowest BCUT2D eigenvalue weighted by Gasteiger charge is -2.36. The van der Waals surface area contributed by atoms with Crippen LogP contribution in [0.5, 0.6) is 5.75 Å². The minimum atomic E-state index is -5.39. The average molecular weight is 455 g/mol. The van der Waals surface area contributed by atoms with Crippen LogP contribution in [0.15, 0.2) is 30.3 Å². The first-order chi connectivity index (χ1) is 13.2. The molecule has 0 bridgehead atoms. The van der Waals surface area contributed by atoms with Gasteiger partial charge in [0.05, 0.1) is 0 Å². The maximum atomic E-state index is 13.7. The number of carbonyl (C=O) groups is 1. The molecule has 29 heavy (non-hydrogen) atoms. The minimum Gasteiger partial charge on any atom is -0.508 e. The Hall–Kier alpha value is -2.10. The summed E-state index contributed by atoms with van der Waals surface area (Å²) in [5.74, 6) is -3.08. The summed E-state index contributed by atoms with van der Waals surface area (Å²) in [6.45, 7) is 2.46. The molecule has 1 amide bonds. The minimum absolute atomic E-state index is 0.187. The monoisotopic (exact) mass is 454 g/mol. The highest BCUT2D eigenvalue weighted by Gasteiger charge is 2.61. The van der Waals surface area contributed by atoms with E-state index in [0.29, 0.717) is 0 Å². The number of rotatable bonds is 5. The Morgan fingerprint density at radius 2 is 1.69 bits per heavy atom. The van der Waals surface area contributed by atoms with Gasteiger partial charge >= 0.3 is 6.18 Å². The lowest BCUT2D eigenvalue weighted by molar-refractivity contribution is -0.254. The Kier molecular flexibility index (Phi) is 6.37. The zero-order valence-corrected chi connectivity index (χ0v) is 16.6. The number of aliphatic hydroxyl groups is 1. The Balaban J connectivity index is 2.43. The van der Waals surface area contributed by atoms with Gasteiger partial charge in [-0.1, -0.05) is 37.0 Å². The van der Waals surface area contributed by atoms with Gasteiger partial charge in [0.15, 0.2) is 0 Å². The topological polar surface area (TPSA) is 82.5 Å². The molecule has 1 unspecified atom stereocenters. The molecule has 0 saturated carbocycles. The van der Waals surface area contributed by atoms with E-state index in [1.54, 1.807) is 0 Å². The number of anilines is 1. The fourth-order valence-electron chi connectivity index (χ4n) is 2.87. The SMILES string of the molecule is CC(C)(CC(O)(C(=O)Nc1cc(Cl)nc(Cl)c1)C(F)(F)F)c1cc(F)ccc1O. The standard InChI is InChI=1S/C18H16Cl2F4N2O3/c1-16(2,11-5-9(21)3-4-12(11)27)8-17(29,18(22,23)24)15(28)25-10-6-13(19)26-14(20)7-10/h3-7,27,29H,8H2,1-2H3,(H,25,26,28). The van der Waals surface area contributed by atoms with Crippen LogP contribution in [0.25, 0.3) is 0 Å². The Bertz CT molecular complexity index is 918. The number of hydrogen-bond acceptors (Lipinski definition) is 4. The Morgan fingerprint density at radius 1 is 1.14 bits per heavy atom. The highest BCUT2D eigenvalue weighted by Crippen LogP contribution is 2.44. The largest absolute Gasteiger partial charge is 0.508 e. The van der Waals surface area contributed by atoms with Crippen LogP contribution in [-0.2, 0) is 10.2 Å². The quantitative estimate of drug-likeness (QED) is 0.446. The predicted octanol–water partition coefficient (Wildman–Crippen LogP) is 4.83. The summed E-state index contributed by atoms with van der Waals surface area (Å²) >= 11 is 11.3. The normalized spacial score (nSPS) is 14.4. The number of carbonyl (C=O) groups excluding carboxylic acids is 1. The van der Waals surface area contributed by atoms with Crippen LogP contribution >= 0.6 is 23.2 Å². The second-order valence-electron chi connectivity index (χ2n) is 7.04. The fourth-order valence-corrected chi connectivity index (χ4v) is 3.33. The molecule has 11 heteroatoms. The second kappa shape index (κ2) is 7.97. The van der Waals surface area contributed by atoms with Crippen molar-refractivity contribution >= 4 is 34.8 Å². The van der Waals surface area contributed by atoms with Gasteiger partial charge in [0.1, 0.15) is 21.9 Å².